The Hall–Kier alpha value is -2.45. The highest BCUT2D eigenvalue weighted by atomic mass is 35.5. The Morgan fingerprint density at radius 1 is 1.50 bits per heavy atom. The van der Waals surface area contributed by atoms with Crippen molar-refractivity contribution in [2.75, 3.05) is 0 Å². The van der Waals surface area contributed by atoms with Gasteiger partial charge in [-0.3, -0.25) is 24.6 Å². The molecule has 2 saturated heterocycles. The van der Waals surface area contributed by atoms with Crippen LogP contribution >= 0.6 is 11.6 Å². The maximum Gasteiger partial charge on any atom is 0.290 e. The van der Waals surface area contributed by atoms with Crippen molar-refractivity contribution in [1.82, 2.24) is 25.4 Å². The molecule has 4 heterocycles. The van der Waals surface area contributed by atoms with E-state index in [1.807, 2.05) is 19.1 Å². The molecule has 30 heavy (non-hydrogen) atoms. The largest absolute Gasteiger partial charge is 0.483 e. The van der Waals surface area contributed by atoms with Gasteiger partial charge in [0.1, 0.15) is 0 Å². The molecule has 0 aliphatic carbocycles. The number of aromatic amines is 1. The molecule has 1 amide bonds. The number of nitrogens with one attached hydrogen (secondary N) is 2. The zero-order chi connectivity index (χ0) is 21.7. The molecule has 2 fully saturated rings. The van der Waals surface area contributed by atoms with E-state index in [2.05, 4.69) is 32.3 Å². The summed E-state index contributed by atoms with van der Waals surface area (Å²) in [6, 6.07) is 4.55. The predicted molar refractivity (Wildman–Crippen MR) is 113 cm³/mol. The van der Waals surface area contributed by atoms with Gasteiger partial charge < -0.3 is 10.4 Å². The lowest BCUT2D eigenvalue weighted by Gasteiger charge is -2.35. The van der Waals surface area contributed by atoms with Gasteiger partial charge in [-0.25, -0.2) is 0 Å². The number of fused-ring (bicyclic) bond motifs is 2. The van der Waals surface area contributed by atoms with Crippen LogP contribution in [0.25, 0.3) is 0 Å². The number of amides is 1. The smallest absolute Gasteiger partial charge is 0.290 e. The number of pyridine rings is 1. The molecule has 0 aromatic carbocycles. The third-order valence-electron chi connectivity index (χ3n) is 6.41. The summed E-state index contributed by atoms with van der Waals surface area (Å²) in [7, 11) is 0. The van der Waals surface area contributed by atoms with Gasteiger partial charge in [-0.15, -0.1) is 0 Å². The number of nitrogens with zero attached hydrogens (tertiary/aromatic N) is 3. The summed E-state index contributed by atoms with van der Waals surface area (Å²) in [5, 5.41) is 18.1. The topological polar surface area (TPSA) is 111 Å². The summed E-state index contributed by atoms with van der Waals surface area (Å²) >= 11 is 6.38. The Morgan fingerprint density at radius 3 is 2.87 bits per heavy atom. The number of aryl methyl sites for hydroxylation is 1. The number of rotatable bonds is 6. The second kappa shape index (κ2) is 9.57. The number of hydrogen-bond donors (Lipinski definition) is 3. The van der Waals surface area contributed by atoms with E-state index in [-0.39, 0.29) is 23.8 Å². The van der Waals surface area contributed by atoms with Crippen molar-refractivity contribution in [3.8, 4) is 0 Å². The van der Waals surface area contributed by atoms with E-state index < -0.39 is 0 Å². The molecule has 0 unspecified atom stereocenters. The maximum absolute atomic E-state index is 13.2. The lowest BCUT2D eigenvalue weighted by atomic mass is 9.71. The number of hydrogen-bond acceptors (Lipinski definition) is 5. The third-order valence-corrected chi connectivity index (χ3v) is 6.91. The maximum atomic E-state index is 13.2. The van der Waals surface area contributed by atoms with Gasteiger partial charge in [0.05, 0.1) is 21.8 Å². The fourth-order valence-corrected chi connectivity index (χ4v) is 5.08. The summed E-state index contributed by atoms with van der Waals surface area (Å²) in [6.45, 7) is 5.04. The first-order chi connectivity index (χ1) is 14.5. The number of halogens is 1. The molecule has 2 bridgehead atoms. The van der Waals surface area contributed by atoms with Gasteiger partial charge in [-0.05, 0) is 44.2 Å². The Bertz CT molecular complexity index is 875. The predicted octanol–water partition coefficient (Wildman–Crippen LogP) is 2.92. The van der Waals surface area contributed by atoms with E-state index >= 15 is 0 Å². The van der Waals surface area contributed by atoms with Crippen LogP contribution in [-0.2, 0) is 22.7 Å². The SMILES string of the molecule is CC[C@@]1(C(=O)NCc2cccnc2)C[C@@H]2CC[C@H]1N2Cc1n[nH]c(C)c1Cl.O=CO. The minimum Gasteiger partial charge on any atom is -0.483 e. The molecule has 0 spiro atoms. The number of aromatic nitrogens is 3. The van der Waals surface area contributed by atoms with Crippen molar-refractivity contribution in [1.29, 1.82) is 0 Å². The molecule has 4 rings (SSSR count). The minimum absolute atomic E-state index is 0.162. The average molecular weight is 434 g/mol. The number of carbonyl (C=O) groups excluding carboxylic acids is 1. The molecule has 3 N–H and O–H groups in total. The van der Waals surface area contributed by atoms with Gasteiger partial charge in [-0.2, -0.15) is 5.10 Å². The highest BCUT2D eigenvalue weighted by molar-refractivity contribution is 6.31. The zero-order valence-corrected chi connectivity index (χ0v) is 18.0. The van der Waals surface area contributed by atoms with E-state index in [1.54, 1.807) is 12.4 Å². The van der Waals surface area contributed by atoms with Crippen LogP contribution in [0.4, 0.5) is 0 Å². The Labute approximate surface area is 181 Å². The minimum atomic E-state index is -0.330. The standard InChI is InChI=1S/C20H26ClN5O.CH2O2/c1-3-20(19(27)23-11-14-5-4-8-22-10-14)9-15-6-7-17(20)26(15)12-16-18(21)13(2)24-25-16;2-1-3/h4-5,8,10,15,17H,3,6-7,9,11-12H2,1-2H3,(H,23,27)(H,24,25);1H,(H,2,3)/t15-,17+,20+;/m0./s1. The van der Waals surface area contributed by atoms with Crippen molar-refractivity contribution < 1.29 is 14.7 Å². The van der Waals surface area contributed by atoms with E-state index in [0.717, 1.165) is 42.6 Å². The molecule has 2 aromatic rings. The van der Waals surface area contributed by atoms with E-state index in [0.29, 0.717) is 24.2 Å². The summed E-state index contributed by atoms with van der Waals surface area (Å²) in [5.41, 5.74) is 2.47. The van der Waals surface area contributed by atoms with Crippen LogP contribution < -0.4 is 5.32 Å². The molecule has 2 aliphatic heterocycles. The summed E-state index contributed by atoms with van der Waals surface area (Å²) < 4.78 is 0. The van der Waals surface area contributed by atoms with Crippen LogP contribution in [-0.4, -0.2) is 49.7 Å². The van der Waals surface area contributed by atoms with Gasteiger partial charge in [-0.1, -0.05) is 24.6 Å². The van der Waals surface area contributed by atoms with Crippen molar-refractivity contribution >= 4 is 24.0 Å². The highest BCUT2D eigenvalue weighted by Gasteiger charge is 2.58. The van der Waals surface area contributed by atoms with Gasteiger partial charge in [0.25, 0.3) is 6.47 Å². The summed E-state index contributed by atoms with van der Waals surface area (Å²) in [4.78, 5) is 28.2. The zero-order valence-electron chi connectivity index (χ0n) is 17.3. The van der Waals surface area contributed by atoms with Gasteiger partial charge >= 0.3 is 0 Å². The molecule has 8 nitrogen and oxygen atoms in total. The van der Waals surface area contributed by atoms with Crippen LogP contribution in [0.5, 0.6) is 0 Å². The molecule has 2 aromatic heterocycles. The van der Waals surface area contributed by atoms with Crippen molar-refractivity contribution in [2.24, 2.45) is 5.41 Å². The number of carboxylic acid groups (broad SMARTS) is 1. The Morgan fingerprint density at radius 2 is 2.27 bits per heavy atom. The second-order valence-corrected chi connectivity index (χ2v) is 8.27. The molecule has 0 saturated carbocycles. The monoisotopic (exact) mass is 433 g/mol. The first kappa shape index (κ1) is 22.2. The van der Waals surface area contributed by atoms with Gasteiger partial charge in [0.15, 0.2) is 0 Å². The molecule has 0 radical (unpaired) electrons. The Kier molecular flexibility index (Phi) is 7.10. The fourth-order valence-electron chi connectivity index (χ4n) is 4.93. The van der Waals surface area contributed by atoms with E-state index in [4.69, 9.17) is 21.5 Å². The van der Waals surface area contributed by atoms with E-state index in [1.165, 1.54) is 0 Å². The van der Waals surface area contributed by atoms with Crippen LogP contribution in [0.1, 0.15) is 49.6 Å². The van der Waals surface area contributed by atoms with Crippen LogP contribution in [0.3, 0.4) is 0 Å². The quantitative estimate of drug-likeness (QED) is 0.604. The molecule has 3 atom stereocenters. The van der Waals surface area contributed by atoms with E-state index in [9.17, 15) is 4.79 Å². The molecule has 162 valence electrons. The van der Waals surface area contributed by atoms with Crippen LogP contribution in [0, 0.1) is 12.3 Å². The molecule has 9 heteroatoms. The lowest BCUT2D eigenvalue weighted by Crippen LogP contribution is -2.48. The number of carbonyl (C=O) groups is 2. The normalized spacial score (nSPS) is 24.9. The first-order valence-corrected chi connectivity index (χ1v) is 10.5. The fraction of sp³-hybridized carbons (Fsp3) is 0.524. The van der Waals surface area contributed by atoms with Crippen molar-refractivity contribution in [3.05, 3.63) is 46.5 Å². The average Bonchev–Trinajstić information content (AvgIpc) is 3.40. The highest BCUT2D eigenvalue weighted by Crippen LogP contribution is 2.52. The Balaban J connectivity index is 0.000000806. The molecule has 2 aliphatic rings. The summed E-state index contributed by atoms with van der Waals surface area (Å²) in [5.74, 6) is 0.162. The van der Waals surface area contributed by atoms with Crippen LogP contribution in [0.15, 0.2) is 24.5 Å². The lowest BCUT2D eigenvalue weighted by molar-refractivity contribution is -0.133. The summed E-state index contributed by atoms with van der Waals surface area (Å²) in [6.07, 6.45) is 7.50. The first-order valence-electron chi connectivity index (χ1n) is 10.2. The molecular weight excluding hydrogens is 406 g/mol. The third kappa shape index (κ3) is 4.20. The number of H-pyrrole nitrogens is 1. The van der Waals surface area contributed by atoms with Gasteiger partial charge in [0, 0.05) is 37.6 Å². The second-order valence-electron chi connectivity index (χ2n) is 7.89. The van der Waals surface area contributed by atoms with Crippen molar-refractivity contribution in [3.63, 3.8) is 0 Å². The van der Waals surface area contributed by atoms with Gasteiger partial charge in [0.2, 0.25) is 5.91 Å². The van der Waals surface area contributed by atoms with Crippen LogP contribution in [0.2, 0.25) is 5.02 Å². The molecular formula is C21H28ClN5O3. The van der Waals surface area contributed by atoms with Crippen molar-refractivity contribution in [2.45, 2.75) is 64.7 Å².